The van der Waals surface area contributed by atoms with E-state index < -0.39 is 0 Å². The first-order valence-electron chi connectivity index (χ1n) is 9.86. The largest absolute Gasteiger partial charge is 0.494 e. The van der Waals surface area contributed by atoms with Crippen molar-refractivity contribution >= 4 is 5.91 Å². The minimum atomic E-state index is -0.0791. The van der Waals surface area contributed by atoms with Crippen molar-refractivity contribution in [2.45, 2.75) is 33.4 Å². The number of rotatable bonds is 10. The maximum Gasteiger partial charge on any atom is 0.251 e. The van der Waals surface area contributed by atoms with E-state index in [1.54, 1.807) is 0 Å². The summed E-state index contributed by atoms with van der Waals surface area (Å²) in [6.45, 7) is 6.38. The molecule has 0 unspecified atom stereocenters. The summed E-state index contributed by atoms with van der Waals surface area (Å²) in [7, 11) is 0. The highest BCUT2D eigenvalue weighted by Crippen LogP contribution is 2.19. The lowest BCUT2D eigenvalue weighted by atomic mass is 10.1. The van der Waals surface area contributed by atoms with Crippen LogP contribution in [-0.2, 0) is 13.2 Å². The summed E-state index contributed by atoms with van der Waals surface area (Å²) in [4.78, 5) is 12.4. The summed E-state index contributed by atoms with van der Waals surface area (Å²) < 4.78 is 13.1. The van der Waals surface area contributed by atoms with Crippen LogP contribution < -0.4 is 14.8 Å². The average Bonchev–Trinajstić information content (AvgIpc) is 3.16. The highest BCUT2D eigenvalue weighted by molar-refractivity contribution is 5.94. The van der Waals surface area contributed by atoms with Gasteiger partial charge < -0.3 is 14.8 Å². The lowest BCUT2D eigenvalue weighted by Crippen LogP contribution is -2.25. The van der Waals surface area contributed by atoms with Crippen LogP contribution in [0.25, 0.3) is 0 Å². The zero-order chi connectivity index (χ0) is 20.5. The average molecular weight is 393 g/mol. The number of amides is 1. The lowest BCUT2D eigenvalue weighted by Gasteiger charge is -2.10. The molecule has 0 aliphatic heterocycles. The molecule has 1 heterocycles. The van der Waals surface area contributed by atoms with Gasteiger partial charge in [-0.2, -0.15) is 5.10 Å². The van der Waals surface area contributed by atoms with Crippen molar-refractivity contribution < 1.29 is 14.3 Å². The summed E-state index contributed by atoms with van der Waals surface area (Å²) in [5.74, 6) is 1.50. The van der Waals surface area contributed by atoms with E-state index in [1.807, 2.05) is 79.5 Å². The summed E-state index contributed by atoms with van der Waals surface area (Å²) in [5.41, 5.74) is 2.71. The van der Waals surface area contributed by atoms with Gasteiger partial charge in [-0.05, 0) is 67.8 Å². The molecule has 1 aromatic heterocycles. The minimum absolute atomic E-state index is 0.0791. The number of carbonyl (C=O) groups is 1. The molecule has 0 atom stereocenters. The second kappa shape index (κ2) is 10.3. The van der Waals surface area contributed by atoms with E-state index in [0.29, 0.717) is 25.3 Å². The van der Waals surface area contributed by atoms with Gasteiger partial charge in [0.25, 0.3) is 5.91 Å². The fourth-order valence-electron chi connectivity index (χ4n) is 2.90. The normalized spacial score (nSPS) is 10.6. The van der Waals surface area contributed by atoms with Crippen molar-refractivity contribution in [2.24, 2.45) is 0 Å². The van der Waals surface area contributed by atoms with E-state index in [-0.39, 0.29) is 5.91 Å². The zero-order valence-corrected chi connectivity index (χ0v) is 16.9. The molecule has 3 rings (SSSR count). The Labute approximate surface area is 171 Å². The van der Waals surface area contributed by atoms with Crippen molar-refractivity contribution in [3.63, 3.8) is 0 Å². The fourth-order valence-corrected chi connectivity index (χ4v) is 2.90. The van der Waals surface area contributed by atoms with Gasteiger partial charge in [0.1, 0.15) is 18.1 Å². The number of nitrogens with one attached hydrogen (secondary N) is 1. The van der Waals surface area contributed by atoms with Crippen LogP contribution in [0.2, 0.25) is 0 Å². The molecular formula is C23H27N3O3. The molecule has 0 aliphatic carbocycles. The zero-order valence-electron chi connectivity index (χ0n) is 16.9. The molecular weight excluding hydrogens is 366 g/mol. The smallest absolute Gasteiger partial charge is 0.251 e. The first-order valence-corrected chi connectivity index (χ1v) is 9.86. The molecule has 0 saturated heterocycles. The van der Waals surface area contributed by atoms with Crippen LogP contribution in [0.15, 0.2) is 60.9 Å². The van der Waals surface area contributed by atoms with E-state index in [9.17, 15) is 4.79 Å². The van der Waals surface area contributed by atoms with Crippen molar-refractivity contribution in [1.29, 1.82) is 0 Å². The molecule has 1 amide bonds. The monoisotopic (exact) mass is 393 g/mol. The van der Waals surface area contributed by atoms with Gasteiger partial charge in [-0.25, -0.2) is 0 Å². The third-order valence-corrected chi connectivity index (χ3v) is 4.34. The van der Waals surface area contributed by atoms with Gasteiger partial charge in [-0.15, -0.1) is 0 Å². The Bertz CT molecular complexity index is 919. The predicted octanol–water partition coefficient (Wildman–Crippen LogP) is 3.99. The van der Waals surface area contributed by atoms with Gasteiger partial charge in [0.05, 0.1) is 12.8 Å². The number of carbonyl (C=O) groups excluding carboxylic acids is 1. The third-order valence-electron chi connectivity index (χ3n) is 4.34. The molecule has 0 fully saturated rings. The Hall–Kier alpha value is -3.28. The Morgan fingerprint density at radius 1 is 1.10 bits per heavy atom. The highest BCUT2D eigenvalue weighted by Gasteiger charge is 2.06. The molecule has 3 aromatic rings. The van der Waals surface area contributed by atoms with E-state index >= 15 is 0 Å². The number of nitrogens with zero attached hydrogens (tertiary/aromatic N) is 2. The van der Waals surface area contributed by atoms with Gasteiger partial charge in [0.15, 0.2) is 0 Å². The van der Waals surface area contributed by atoms with Gasteiger partial charge in [-0.1, -0.05) is 12.1 Å². The van der Waals surface area contributed by atoms with Gasteiger partial charge in [0.2, 0.25) is 0 Å². The van der Waals surface area contributed by atoms with Crippen molar-refractivity contribution in [2.75, 3.05) is 13.2 Å². The standard InChI is InChI=1S/C23H27N3O3/c1-3-28-21-8-10-22(11-9-21)29-17-19-6-4-7-20(14-19)23(27)24-12-5-13-26-16-18(2)15-25-26/h4,6-11,14-16H,3,5,12-13,17H2,1-2H3,(H,24,27). The van der Waals surface area contributed by atoms with Crippen molar-refractivity contribution in [1.82, 2.24) is 15.1 Å². The Kier molecular flexibility index (Phi) is 7.28. The highest BCUT2D eigenvalue weighted by atomic mass is 16.5. The number of aryl methyl sites for hydroxylation is 2. The van der Waals surface area contributed by atoms with Crippen molar-refractivity contribution in [3.8, 4) is 11.5 Å². The summed E-state index contributed by atoms with van der Waals surface area (Å²) >= 11 is 0. The lowest BCUT2D eigenvalue weighted by molar-refractivity contribution is 0.0952. The van der Waals surface area contributed by atoms with Gasteiger partial charge in [-0.3, -0.25) is 9.48 Å². The SMILES string of the molecule is CCOc1ccc(OCc2cccc(C(=O)NCCCn3cc(C)cn3)c2)cc1. The molecule has 0 aliphatic rings. The van der Waals surface area contributed by atoms with Crippen LogP contribution in [0.1, 0.15) is 34.8 Å². The summed E-state index contributed by atoms with van der Waals surface area (Å²) in [5, 5.41) is 7.21. The van der Waals surface area contributed by atoms with Crippen LogP contribution in [0.5, 0.6) is 11.5 Å². The molecule has 0 radical (unpaired) electrons. The molecule has 6 nitrogen and oxygen atoms in total. The summed E-state index contributed by atoms with van der Waals surface area (Å²) in [6, 6.07) is 15.0. The van der Waals surface area contributed by atoms with E-state index in [2.05, 4.69) is 10.4 Å². The molecule has 1 N–H and O–H groups in total. The predicted molar refractivity (Wildman–Crippen MR) is 112 cm³/mol. The number of aromatic nitrogens is 2. The first kappa shape index (κ1) is 20.5. The van der Waals surface area contributed by atoms with Crippen LogP contribution in [0.3, 0.4) is 0 Å². The molecule has 0 bridgehead atoms. The quantitative estimate of drug-likeness (QED) is 0.529. The van der Waals surface area contributed by atoms with E-state index in [1.165, 1.54) is 0 Å². The van der Waals surface area contributed by atoms with Crippen LogP contribution in [0.4, 0.5) is 0 Å². The maximum atomic E-state index is 12.4. The Morgan fingerprint density at radius 2 is 1.86 bits per heavy atom. The fraction of sp³-hybridized carbons (Fsp3) is 0.304. The molecule has 2 aromatic carbocycles. The summed E-state index contributed by atoms with van der Waals surface area (Å²) in [6.07, 6.45) is 4.66. The second-order valence-electron chi connectivity index (χ2n) is 6.78. The maximum absolute atomic E-state index is 12.4. The van der Waals surface area contributed by atoms with Crippen molar-refractivity contribution in [3.05, 3.63) is 77.6 Å². The number of benzene rings is 2. The third kappa shape index (κ3) is 6.38. The Morgan fingerprint density at radius 3 is 2.55 bits per heavy atom. The molecule has 0 saturated carbocycles. The number of hydrogen-bond acceptors (Lipinski definition) is 4. The molecule has 152 valence electrons. The first-order chi connectivity index (χ1) is 14.1. The molecule has 29 heavy (non-hydrogen) atoms. The van der Waals surface area contributed by atoms with E-state index in [4.69, 9.17) is 9.47 Å². The van der Waals surface area contributed by atoms with Crippen LogP contribution in [-0.4, -0.2) is 28.8 Å². The topological polar surface area (TPSA) is 65.4 Å². The Balaban J connectivity index is 1.45. The number of ether oxygens (including phenoxy) is 2. The molecule has 6 heteroatoms. The second-order valence-corrected chi connectivity index (χ2v) is 6.78. The number of hydrogen-bond donors (Lipinski definition) is 1. The van der Waals surface area contributed by atoms with Gasteiger partial charge >= 0.3 is 0 Å². The van der Waals surface area contributed by atoms with Gasteiger partial charge in [0, 0.05) is 24.8 Å². The minimum Gasteiger partial charge on any atom is -0.494 e. The van der Waals surface area contributed by atoms with Crippen LogP contribution in [0, 0.1) is 6.92 Å². The van der Waals surface area contributed by atoms with Crippen LogP contribution >= 0.6 is 0 Å². The molecule has 0 spiro atoms. The van der Waals surface area contributed by atoms with E-state index in [0.717, 1.165) is 35.6 Å².